The van der Waals surface area contributed by atoms with Gasteiger partial charge >= 0.3 is 6.09 Å². The topological polar surface area (TPSA) is 149 Å². The molecule has 0 spiro atoms. The number of anilines is 3. The first-order valence-corrected chi connectivity index (χ1v) is 9.73. The molecule has 1 fully saturated rings. The normalized spacial score (nSPS) is 12.8. The van der Waals surface area contributed by atoms with Crippen molar-refractivity contribution in [3.05, 3.63) is 42.5 Å². The first kappa shape index (κ1) is 20.2. The fourth-order valence-electron chi connectivity index (χ4n) is 2.88. The van der Waals surface area contributed by atoms with Gasteiger partial charge in [0.2, 0.25) is 0 Å². The van der Waals surface area contributed by atoms with Crippen molar-refractivity contribution in [1.82, 2.24) is 35.0 Å². The van der Waals surface area contributed by atoms with E-state index in [9.17, 15) is 9.59 Å². The molecule has 0 unspecified atom stereocenters. The van der Waals surface area contributed by atoms with Crippen LogP contribution in [0.3, 0.4) is 0 Å². The molecule has 0 aliphatic heterocycles. The van der Waals surface area contributed by atoms with Gasteiger partial charge in [0, 0.05) is 19.5 Å². The van der Waals surface area contributed by atoms with Crippen LogP contribution >= 0.6 is 0 Å². The van der Waals surface area contributed by atoms with Crippen LogP contribution in [0.4, 0.5) is 22.0 Å². The van der Waals surface area contributed by atoms with E-state index in [1.54, 1.807) is 32.6 Å². The molecule has 3 aromatic rings. The molecule has 160 valence electrons. The highest BCUT2D eigenvalue weighted by Gasteiger charge is 2.27. The van der Waals surface area contributed by atoms with Crippen LogP contribution in [0.1, 0.15) is 41.9 Å². The number of nitrogens with one attached hydrogen (secondary N) is 3. The minimum Gasteiger partial charge on any atom is -0.387 e. The van der Waals surface area contributed by atoms with Crippen LogP contribution in [-0.2, 0) is 7.05 Å². The summed E-state index contributed by atoms with van der Waals surface area (Å²) in [5.74, 6) is 0.202. The Morgan fingerprint density at radius 3 is 2.68 bits per heavy atom. The summed E-state index contributed by atoms with van der Waals surface area (Å²) in [5.41, 5.74) is 1.74. The second-order valence-corrected chi connectivity index (χ2v) is 6.88. The van der Waals surface area contributed by atoms with Crippen molar-refractivity contribution in [2.75, 3.05) is 17.2 Å². The third kappa shape index (κ3) is 4.74. The summed E-state index contributed by atoms with van der Waals surface area (Å²) in [4.78, 5) is 41.6. The fraction of sp³-hybridized carbons (Fsp3) is 0.316. The van der Waals surface area contributed by atoms with Crippen molar-refractivity contribution >= 4 is 29.2 Å². The smallest absolute Gasteiger partial charge is 0.387 e. The van der Waals surface area contributed by atoms with Crippen LogP contribution < -0.4 is 20.7 Å². The van der Waals surface area contributed by atoms with Crippen LogP contribution in [0.2, 0.25) is 0 Å². The van der Waals surface area contributed by atoms with E-state index in [0.717, 1.165) is 18.5 Å². The maximum absolute atomic E-state index is 12.6. The van der Waals surface area contributed by atoms with Gasteiger partial charge < -0.3 is 15.4 Å². The predicted molar refractivity (Wildman–Crippen MR) is 110 cm³/mol. The molecular formula is C19H21N9O3. The summed E-state index contributed by atoms with van der Waals surface area (Å²) in [5, 5.41) is 12.3. The summed E-state index contributed by atoms with van der Waals surface area (Å²) in [6, 6.07) is 0. The lowest BCUT2D eigenvalue weighted by Crippen LogP contribution is -2.27. The first-order valence-electron chi connectivity index (χ1n) is 9.73. The first-order chi connectivity index (χ1) is 15.0. The maximum atomic E-state index is 12.6. The molecule has 2 amide bonds. The Kier molecular flexibility index (Phi) is 5.69. The fourth-order valence-corrected chi connectivity index (χ4v) is 2.88. The monoisotopic (exact) mass is 423 g/mol. The Bertz CT molecular complexity index is 1100. The van der Waals surface area contributed by atoms with Gasteiger partial charge in [-0.2, -0.15) is 5.10 Å². The highest BCUT2D eigenvalue weighted by molar-refractivity contribution is 6.01. The summed E-state index contributed by atoms with van der Waals surface area (Å²) in [7, 11) is 1.61. The summed E-state index contributed by atoms with van der Waals surface area (Å²) < 4.78 is 6.82. The van der Waals surface area contributed by atoms with E-state index in [-0.39, 0.29) is 29.0 Å². The average Bonchev–Trinajstić information content (AvgIpc) is 3.54. The number of carbonyl (C=O) groups excluding carboxylic acids is 2. The molecule has 0 radical (unpaired) electrons. The lowest BCUT2D eigenvalue weighted by molar-refractivity contribution is 0.0947. The number of nitrogens with zero attached hydrogens (tertiary/aromatic N) is 6. The zero-order valence-electron chi connectivity index (χ0n) is 17.0. The number of aromatic nitrogens is 6. The van der Waals surface area contributed by atoms with Gasteiger partial charge in [-0.15, -0.1) is 0 Å². The Labute approximate surface area is 177 Å². The van der Waals surface area contributed by atoms with Gasteiger partial charge in [0.1, 0.15) is 12.0 Å². The van der Waals surface area contributed by atoms with Crippen molar-refractivity contribution in [2.24, 2.45) is 7.05 Å². The van der Waals surface area contributed by atoms with Gasteiger partial charge in [0.05, 0.1) is 41.9 Å². The zero-order valence-corrected chi connectivity index (χ0v) is 17.0. The minimum absolute atomic E-state index is 0.00852. The number of ether oxygens (including phenoxy) is 1. The molecule has 0 aromatic carbocycles. The molecule has 4 rings (SSSR count). The van der Waals surface area contributed by atoms with Crippen LogP contribution in [0, 0.1) is 0 Å². The molecule has 0 saturated heterocycles. The second-order valence-electron chi connectivity index (χ2n) is 6.88. The molecule has 1 aliphatic carbocycles. The SMILES string of the molecule is CCNC(=O)c1c(NC(=O)Oc2nc(C3CC3)cnc2Nc2cncnc2)cnn1C. The molecule has 1 saturated carbocycles. The molecule has 3 N–H and O–H groups in total. The highest BCUT2D eigenvalue weighted by Crippen LogP contribution is 2.40. The molecule has 31 heavy (non-hydrogen) atoms. The van der Waals surface area contributed by atoms with Crippen LogP contribution in [0.25, 0.3) is 0 Å². The van der Waals surface area contributed by atoms with E-state index in [1.807, 2.05) is 0 Å². The van der Waals surface area contributed by atoms with E-state index in [2.05, 4.69) is 41.0 Å². The van der Waals surface area contributed by atoms with E-state index >= 15 is 0 Å². The molecule has 1 aliphatic rings. The summed E-state index contributed by atoms with van der Waals surface area (Å²) >= 11 is 0. The van der Waals surface area contributed by atoms with Gasteiger partial charge in [-0.25, -0.2) is 24.7 Å². The van der Waals surface area contributed by atoms with Crippen LogP contribution in [0.5, 0.6) is 5.88 Å². The lowest BCUT2D eigenvalue weighted by Gasteiger charge is -2.12. The molecule has 3 aromatic heterocycles. The molecule has 3 heterocycles. The summed E-state index contributed by atoms with van der Waals surface area (Å²) in [6.45, 7) is 2.24. The van der Waals surface area contributed by atoms with E-state index < -0.39 is 6.09 Å². The van der Waals surface area contributed by atoms with E-state index in [0.29, 0.717) is 18.2 Å². The van der Waals surface area contributed by atoms with Crippen LogP contribution in [0.15, 0.2) is 31.1 Å². The molecule has 12 nitrogen and oxygen atoms in total. The zero-order chi connectivity index (χ0) is 21.8. The quantitative estimate of drug-likeness (QED) is 0.518. The highest BCUT2D eigenvalue weighted by atomic mass is 16.6. The molecule has 0 bridgehead atoms. The maximum Gasteiger partial charge on any atom is 0.418 e. The number of hydrogen-bond acceptors (Lipinski definition) is 9. The van der Waals surface area contributed by atoms with Gasteiger partial charge in [-0.3, -0.25) is 14.8 Å². The lowest BCUT2D eigenvalue weighted by atomic mass is 10.3. The van der Waals surface area contributed by atoms with Gasteiger partial charge in [0.15, 0.2) is 5.82 Å². The Hall–Kier alpha value is -4.09. The average molecular weight is 423 g/mol. The van der Waals surface area contributed by atoms with Crippen molar-refractivity contribution in [2.45, 2.75) is 25.7 Å². The van der Waals surface area contributed by atoms with Gasteiger partial charge in [-0.1, -0.05) is 0 Å². The number of carbonyl (C=O) groups is 2. The molecule has 12 heteroatoms. The Morgan fingerprint density at radius 2 is 1.97 bits per heavy atom. The number of amides is 2. The predicted octanol–water partition coefficient (Wildman–Crippen LogP) is 1.98. The van der Waals surface area contributed by atoms with Crippen molar-refractivity contribution in [3.8, 4) is 5.88 Å². The van der Waals surface area contributed by atoms with Gasteiger partial charge in [-0.05, 0) is 19.8 Å². The summed E-state index contributed by atoms with van der Waals surface area (Å²) in [6.07, 6.45) is 8.76. The van der Waals surface area contributed by atoms with Gasteiger partial charge in [0.25, 0.3) is 11.8 Å². The van der Waals surface area contributed by atoms with Crippen LogP contribution in [-0.4, -0.2) is 48.3 Å². The largest absolute Gasteiger partial charge is 0.418 e. The third-order valence-corrected chi connectivity index (χ3v) is 4.50. The Balaban J connectivity index is 1.55. The standard InChI is InChI=1S/C19H21N9O3/c1-3-22-17(29)15-14(9-24-28(15)2)27-19(30)31-18-16(25-12-6-20-10-21-7-12)23-8-13(26-18)11-4-5-11/h6-11H,3-5H2,1-2H3,(H,22,29)(H,23,25)(H,27,30). The van der Waals surface area contributed by atoms with E-state index in [4.69, 9.17) is 4.74 Å². The number of hydrogen-bond donors (Lipinski definition) is 3. The second kappa shape index (κ2) is 8.73. The van der Waals surface area contributed by atoms with E-state index in [1.165, 1.54) is 17.2 Å². The molecule has 0 atom stereocenters. The van der Waals surface area contributed by atoms with Crippen molar-refractivity contribution in [1.29, 1.82) is 0 Å². The third-order valence-electron chi connectivity index (χ3n) is 4.50. The minimum atomic E-state index is -0.826. The number of rotatable bonds is 7. The van der Waals surface area contributed by atoms with Crippen molar-refractivity contribution < 1.29 is 14.3 Å². The van der Waals surface area contributed by atoms with Crippen molar-refractivity contribution in [3.63, 3.8) is 0 Å². The Morgan fingerprint density at radius 1 is 1.19 bits per heavy atom. The molecular weight excluding hydrogens is 402 g/mol. The number of aryl methyl sites for hydroxylation is 1.